The van der Waals surface area contributed by atoms with Crippen LogP contribution in [0.3, 0.4) is 0 Å². The number of hydrogen-bond acceptors (Lipinski definition) is 9. The van der Waals surface area contributed by atoms with Crippen LogP contribution in [0.1, 0.15) is 47.5 Å². The number of alkyl carbamates (subject to hydrolysis) is 1. The number of ether oxygens (including phenoxy) is 4. The molecule has 0 spiro atoms. The first-order valence-corrected chi connectivity index (χ1v) is 13.6. The molecule has 41 heavy (non-hydrogen) atoms. The Labute approximate surface area is 242 Å². The van der Waals surface area contributed by atoms with Crippen LogP contribution in [0.15, 0.2) is 25.3 Å². The molecule has 13 nitrogen and oxygen atoms in total. The highest BCUT2D eigenvalue weighted by Gasteiger charge is 2.40. The number of nitrogens with one attached hydrogen (secondary N) is 3. The average molecular weight is 583 g/mol. The van der Waals surface area contributed by atoms with E-state index in [-0.39, 0.29) is 38.9 Å². The maximum absolute atomic E-state index is 13.7. The minimum atomic E-state index is -1.16. The van der Waals surface area contributed by atoms with E-state index in [1.165, 1.54) is 24.2 Å². The van der Waals surface area contributed by atoms with Crippen molar-refractivity contribution in [2.75, 3.05) is 40.1 Å². The molecule has 0 bridgehead atoms. The number of carbonyl (C=O) groups is 5. The van der Waals surface area contributed by atoms with Crippen LogP contribution >= 0.6 is 0 Å². The average Bonchev–Trinajstić information content (AvgIpc) is 3.39. The minimum Gasteiger partial charge on any atom is -0.467 e. The number of nitrogens with zero attached hydrogens (tertiary/aromatic N) is 1. The highest BCUT2D eigenvalue weighted by atomic mass is 16.6. The number of hydrogen-bond donors (Lipinski definition) is 3. The molecular formula is C28H46N4O9. The fraction of sp³-hybridized carbons (Fsp3) is 0.679. The van der Waals surface area contributed by atoms with Crippen LogP contribution < -0.4 is 16.0 Å². The van der Waals surface area contributed by atoms with E-state index in [0.29, 0.717) is 12.8 Å². The lowest BCUT2D eigenvalue weighted by Crippen LogP contribution is -2.59. The lowest BCUT2D eigenvalue weighted by Gasteiger charge is -2.32. The Morgan fingerprint density at radius 2 is 1.54 bits per heavy atom. The SMILES string of the molecule is C=CCOC[C@H](NC(=O)OC(C)(C)C)C(=O)N[C@H](C(=O)N1CCC[C@H]1C(=O)N[C@@H](COCC=C)C(=O)OC)C(C)C. The summed E-state index contributed by atoms with van der Waals surface area (Å²) in [4.78, 5) is 66.0. The molecule has 0 aromatic heterocycles. The van der Waals surface area contributed by atoms with E-state index in [1.54, 1.807) is 34.6 Å². The fourth-order valence-electron chi connectivity index (χ4n) is 4.00. The van der Waals surface area contributed by atoms with Gasteiger partial charge >= 0.3 is 12.1 Å². The van der Waals surface area contributed by atoms with Crippen LogP contribution in [-0.4, -0.2) is 105 Å². The smallest absolute Gasteiger partial charge is 0.408 e. The molecule has 1 saturated heterocycles. The van der Waals surface area contributed by atoms with E-state index in [9.17, 15) is 24.0 Å². The van der Waals surface area contributed by atoms with Crippen molar-refractivity contribution < 1.29 is 42.9 Å². The second-order valence-corrected chi connectivity index (χ2v) is 10.9. The van der Waals surface area contributed by atoms with E-state index in [0.717, 1.165) is 0 Å². The first-order chi connectivity index (χ1) is 19.2. The Bertz CT molecular complexity index is 932. The molecule has 232 valence electrons. The summed E-state index contributed by atoms with van der Waals surface area (Å²) in [6, 6.07) is -4.10. The van der Waals surface area contributed by atoms with Crippen LogP contribution in [-0.2, 0) is 38.1 Å². The van der Waals surface area contributed by atoms with Crippen molar-refractivity contribution in [3.8, 4) is 0 Å². The van der Waals surface area contributed by atoms with Crippen LogP contribution in [0, 0.1) is 5.92 Å². The molecule has 1 aliphatic heterocycles. The van der Waals surface area contributed by atoms with Gasteiger partial charge in [-0.1, -0.05) is 26.0 Å². The predicted molar refractivity (Wildman–Crippen MR) is 151 cm³/mol. The number of esters is 1. The highest BCUT2D eigenvalue weighted by Crippen LogP contribution is 2.21. The molecule has 1 heterocycles. The van der Waals surface area contributed by atoms with Gasteiger partial charge in [0.25, 0.3) is 0 Å². The third-order valence-electron chi connectivity index (χ3n) is 5.92. The van der Waals surface area contributed by atoms with Crippen LogP contribution in [0.25, 0.3) is 0 Å². The zero-order valence-corrected chi connectivity index (χ0v) is 25.0. The van der Waals surface area contributed by atoms with Crippen molar-refractivity contribution >= 4 is 29.8 Å². The topological polar surface area (TPSA) is 162 Å². The van der Waals surface area contributed by atoms with Gasteiger partial charge in [-0.25, -0.2) is 9.59 Å². The van der Waals surface area contributed by atoms with Crippen molar-refractivity contribution in [1.29, 1.82) is 0 Å². The monoisotopic (exact) mass is 582 g/mol. The van der Waals surface area contributed by atoms with Gasteiger partial charge in [0.1, 0.15) is 23.7 Å². The Morgan fingerprint density at radius 3 is 2.05 bits per heavy atom. The molecule has 0 unspecified atom stereocenters. The highest BCUT2D eigenvalue weighted by molar-refractivity contribution is 5.95. The summed E-state index contributed by atoms with van der Waals surface area (Å²) in [6.45, 7) is 16.0. The molecule has 1 aliphatic rings. The van der Waals surface area contributed by atoms with Gasteiger partial charge in [-0.05, 0) is 39.5 Å². The van der Waals surface area contributed by atoms with E-state index < -0.39 is 59.6 Å². The van der Waals surface area contributed by atoms with Crippen molar-refractivity contribution in [2.45, 2.75) is 77.2 Å². The summed E-state index contributed by atoms with van der Waals surface area (Å²) in [7, 11) is 1.20. The molecular weight excluding hydrogens is 536 g/mol. The standard InChI is InChI=1S/C28H46N4O9/c1-9-14-39-16-19(30-27(37)41-28(5,6)7)23(33)31-22(18(3)4)25(35)32-13-11-12-21(32)24(34)29-20(26(36)38-8)17-40-15-10-2/h9-10,18-22H,1-2,11-17H2,3-8H3,(H,29,34)(H,30,37)(H,31,33)/t19-,20-,21-,22-/m0/s1. The van der Waals surface area contributed by atoms with Crippen LogP contribution in [0.2, 0.25) is 0 Å². The summed E-state index contributed by atoms with van der Waals surface area (Å²) < 4.78 is 20.7. The third-order valence-corrected chi connectivity index (χ3v) is 5.92. The van der Waals surface area contributed by atoms with Gasteiger partial charge in [-0.15, -0.1) is 13.2 Å². The zero-order valence-electron chi connectivity index (χ0n) is 25.0. The summed E-state index contributed by atoms with van der Waals surface area (Å²) in [5, 5.41) is 7.81. The second-order valence-electron chi connectivity index (χ2n) is 10.9. The zero-order chi connectivity index (χ0) is 31.2. The maximum Gasteiger partial charge on any atom is 0.408 e. The molecule has 0 radical (unpaired) electrons. The first-order valence-electron chi connectivity index (χ1n) is 13.6. The van der Waals surface area contributed by atoms with Gasteiger partial charge in [-0.2, -0.15) is 0 Å². The van der Waals surface area contributed by atoms with Crippen LogP contribution in [0.5, 0.6) is 0 Å². The van der Waals surface area contributed by atoms with Crippen LogP contribution in [0.4, 0.5) is 4.79 Å². The first kappa shape index (κ1) is 35.6. The lowest BCUT2D eigenvalue weighted by molar-refractivity contribution is -0.148. The lowest BCUT2D eigenvalue weighted by atomic mass is 10.0. The largest absolute Gasteiger partial charge is 0.467 e. The number of rotatable bonds is 16. The maximum atomic E-state index is 13.7. The Kier molecular flexibility index (Phi) is 15.1. The molecule has 0 aromatic rings. The van der Waals surface area contributed by atoms with E-state index in [4.69, 9.17) is 18.9 Å². The predicted octanol–water partition coefficient (Wildman–Crippen LogP) is 1.07. The molecule has 1 rings (SSSR count). The van der Waals surface area contributed by atoms with Crippen molar-refractivity contribution in [2.24, 2.45) is 5.92 Å². The molecule has 13 heteroatoms. The molecule has 4 atom stereocenters. The minimum absolute atomic E-state index is 0.129. The molecule has 3 N–H and O–H groups in total. The third kappa shape index (κ3) is 12.3. The molecule has 0 aromatic carbocycles. The van der Waals surface area contributed by atoms with E-state index in [2.05, 4.69) is 29.1 Å². The normalized spacial score (nSPS) is 17.1. The van der Waals surface area contributed by atoms with Crippen molar-refractivity contribution in [3.05, 3.63) is 25.3 Å². The fourth-order valence-corrected chi connectivity index (χ4v) is 4.00. The number of carbonyl (C=O) groups excluding carboxylic acids is 5. The molecule has 4 amide bonds. The van der Waals surface area contributed by atoms with E-state index in [1.807, 2.05) is 0 Å². The Hall–Kier alpha value is -3.45. The van der Waals surface area contributed by atoms with Gasteiger partial charge in [0, 0.05) is 6.54 Å². The molecule has 1 fully saturated rings. The van der Waals surface area contributed by atoms with E-state index >= 15 is 0 Å². The van der Waals surface area contributed by atoms with Gasteiger partial charge < -0.3 is 39.8 Å². The second kappa shape index (κ2) is 17.4. The van der Waals surface area contributed by atoms with Crippen molar-refractivity contribution in [3.63, 3.8) is 0 Å². The number of amides is 4. The summed E-state index contributed by atoms with van der Waals surface area (Å²) >= 11 is 0. The Morgan fingerprint density at radius 1 is 0.951 bits per heavy atom. The van der Waals surface area contributed by atoms with Gasteiger partial charge in [0.15, 0.2) is 6.04 Å². The van der Waals surface area contributed by atoms with Gasteiger partial charge in [0.05, 0.1) is 33.5 Å². The number of likely N-dealkylation sites (tertiary alicyclic amines) is 1. The molecule has 0 saturated carbocycles. The Balaban J connectivity index is 3.04. The van der Waals surface area contributed by atoms with Gasteiger partial charge in [0.2, 0.25) is 17.7 Å². The van der Waals surface area contributed by atoms with Gasteiger partial charge in [-0.3, -0.25) is 14.4 Å². The molecule has 0 aliphatic carbocycles. The number of methoxy groups -OCH3 is 1. The summed E-state index contributed by atoms with van der Waals surface area (Å²) in [5.41, 5.74) is -0.792. The summed E-state index contributed by atoms with van der Waals surface area (Å²) in [6.07, 6.45) is 3.11. The quantitative estimate of drug-likeness (QED) is 0.137. The van der Waals surface area contributed by atoms with Crippen molar-refractivity contribution in [1.82, 2.24) is 20.9 Å². The summed E-state index contributed by atoms with van der Waals surface area (Å²) in [5.74, 6) is -2.71.